The first-order valence-corrected chi connectivity index (χ1v) is 14.6. The summed E-state index contributed by atoms with van der Waals surface area (Å²) in [6.45, 7) is 0. The van der Waals surface area contributed by atoms with E-state index in [9.17, 15) is 14.4 Å². The van der Waals surface area contributed by atoms with Crippen LogP contribution >= 0.6 is 0 Å². The number of carbonyl (C=O) groups excluding carboxylic acids is 3. The molecule has 45 heavy (non-hydrogen) atoms. The van der Waals surface area contributed by atoms with Crippen LogP contribution in [0.4, 0.5) is 17.1 Å². The molecule has 0 aliphatic carbocycles. The fourth-order valence-electron chi connectivity index (χ4n) is 5.82. The molecule has 3 amide bonds. The summed E-state index contributed by atoms with van der Waals surface area (Å²) in [6, 6.07) is 44.4. The Morgan fingerprint density at radius 2 is 0.578 bits per heavy atom. The highest BCUT2D eigenvalue weighted by atomic mass is 16.2. The Bertz CT molecular complexity index is 1950. The van der Waals surface area contributed by atoms with Crippen molar-refractivity contribution in [2.24, 2.45) is 0 Å². The van der Waals surface area contributed by atoms with E-state index in [1.165, 1.54) is 0 Å². The molecule has 0 aliphatic rings. The van der Waals surface area contributed by atoms with Crippen LogP contribution in [0, 0.1) is 0 Å². The van der Waals surface area contributed by atoms with Gasteiger partial charge in [-0.3, -0.25) is 14.4 Å². The zero-order chi connectivity index (χ0) is 30.8. The molecular weight excluding hydrogens is 558 g/mol. The smallest absolute Gasteiger partial charge is 0.255 e. The third kappa shape index (κ3) is 5.26. The third-order valence-corrected chi connectivity index (χ3v) is 7.85. The molecule has 7 aromatic carbocycles. The number of anilines is 3. The minimum atomic E-state index is -0.240. The van der Waals surface area contributed by atoms with Crippen molar-refractivity contribution in [3.8, 4) is 0 Å². The molecule has 216 valence electrons. The van der Waals surface area contributed by atoms with Crippen LogP contribution in [0.5, 0.6) is 0 Å². The molecule has 0 spiro atoms. The lowest BCUT2D eigenvalue weighted by Crippen LogP contribution is -2.13. The standard InChI is InChI=1S/C39H27N3O3/c43-37(25-13-4-1-5-14-25)40-31-22-10-19-28-34(31)29-20-11-23-32(41-38(44)26-15-6-2-7-16-26)36(29)30-21-12-24-33(35(28)30)42-39(45)27-17-8-3-9-18-27/h1-24H,(H,40,43)(H,41,44)(H,42,45). The van der Waals surface area contributed by atoms with Gasteiger partial charge in [0.1, 0.15) is 0 Å². The van der Waals surface area contributed by atoms with Crippen molar-refractivity contribution in [2.45, 2.75) is 0 Å². The Morgan fingerprint density at radius 1 is 0.311 bits per heavy atom. The maximum atomic E-state index is 13.4. The Morgan fingerprint density at radius 3 is 0.844 bits per heavy atom. The van der Waals surface area contributed by atoms with Crippen molar-refractivity contribution in [2.75, 3.05) is 16.0 Å². The van der Waals surface area contributed by atoms with E-state index >= 15 is 0 Å². The first kappa shape index (κ1) is 27.6. The number of nitrogens with one attached hydrogen (secondary N) is 3. The normalized spacial score (nSPS) is 10.9. The number of hydrogen-bond acceptors (Lipinski definition) is 3. The number of hydrogen-bond donors (Lipinski definition) is 3. The Labute approximate surface area is 259 Å². The number of rotatable bonds is 6. The van der Waals surface area contributed by atoms with Crippen LogP contribution in [0.1, 0.15) is 31.1 Å². The average Bonchev–Trinajstić information content (AvgIpc) is 3.09. The summed E-state index contributed by atoms with van der Waals surface area (Å²) in [5.74, 6) is -0.721. The van der Waals surface area contributed by atoms with Crippen LogP contribution in [0.2, 0.25) is 0 Å². The molecule has 0 bridgehead atoms. The van der Waals surface area contributed by atoms with Gasteiger partial charge in [-0.25, -0.2) is 0 Å². The molecule has 7 aromatic rings. The molecule has 0 radical (unpaired) electrons. The average molecular weight is 586 g/mol. The van der Waals surface area contributed by atoms with Gasteiger partial charge >= 0.3 is 0 Å². The molecule has 0 aliphatic heterocycles. The highest BCUT2D eigenvalue weighted by Gasteiger charge is 2.20. The van der Waals surface area contributed by atoms with Crippen LogP contribution < -0.4 is 16.0 Å². The molecule has 0 heterocycles. The lowest BCUT2D eigenvalue weighted by molar-refractivity contribution is 0.101. The van der Waals surface area contributed by atoms with E-state index in [0.29, 0.717) is 33.8 Å². The highest BCUT2D eigenvalue weighted by Crippen LogP contribution is 2.44. The molecule has 0 fully saturated rings. The highest BCUT2D eigenvalue weighted by molar-refractivity contribution is 6.35. The van der Waals surface area contributed by atoms with Gasteiger partial charge < -0.3 is 16.0 Å². The molecule has 6 heteroatoms. The first-order chi connectivity index (χ1) is 22.1. The molecule has 7 rings (SSSR count). The molecule has 6 nitrogen and oxygen atoms in total. The molecule has 3 N–H and O–H groups in total. The van der Waals surface area contributed by atoms with Crippen LogP contribution in [0.3, 0.4) is 0 Å². The van der Waals surface area contributed by atoms with Gasteiger partial charge in [-0.2, -0.15) is 0 Å². The molecule has 0 atom stereocenters. The third-order valence-electron chi connectivity index (χ3n) is 7.85. The monoisotopic (exact) mass is 585 g/mol. The van der Waals surface area contributed by atoms with Crippen LogP contribution in [0.15, 0.2) is 146 Å². The zero-order valence-electron chi connectivity index (χ0n) is 24.1. The molecule has 0 unspecified atom stereocenters. The topological polar surface area (TPSA) is 87.3 Å². The van der Waals surface area contributed by atoms with Crippen molar-refractivity contribution < 1.29 is 14.4 Å². The Kier molecular flexibility index (Phi) is 7.21. The largest absolute Gasteiger partial charge is 0.321 e. The molecular formula is C39H27N3O3. The summed E-state index contributed by atoms with van der Waals surface area (Å²) in [6.07, 6.45) is 0. The van der Waals surface area contributed by atoms with Crippen LogP contribution in [-0.2, 0) is 0 Å². The maximum Gasteiger partial charge on any atom is 0.255 e. The first-order valence-electron chi connectivity index (χ1n) is 14.6. The van der Waals surface area contributed by atoms with Gasteiger partial charge in [0, 0.05) is 49.9 Å². The van der Waals surface area contributed by atoms with Gasteiger partial charge in [0.05, 0.1) is 0 Å². The van der Waals surface area contributed by atoms with E-state index < -0.39 is 0 Å². The fraction of sp³-hybridized carbons (Fsp3) is 0. The quantitative estimate of drug-likeness (QED) is 0.170. The van der Waals surface area contributed by atoms with Crippen molar-refractivity contribution in [3.05, 3.63) is 162 Å². The number of benzene rings is 7. The predicted octanol–water partition coefficient (Wildman–Crippen LogP) is 8.90. The second-order valence-corrected chi connectivity index (χ2v) is 10.6. The Balaban J connectivity index is 1.48. The van der Waals surface area contributed by atoms with Gasteiger partial charge in [-0.15, -0.1) is 0 Å². The zero-order valence-corrected chi connectivity index (χ0v) is 24.1. The Hall–Kier alpha value is -6.27. The van der Waals surface area contributed by atoms with E-state index in [-0.39, 0.29) is 17.7 Å². The SMILES string of the molecule is O=C(Nc1cccc2c1c1cccc(NC(=O)c3ccccc3)c1c1cccc(NC(=O)c3ccccc3)c21)c1ccccc1. The lowest BCUT2D eigenvalue weighted by Gasteiger charge is -2.19. The second kappa shape index (κ2) is 11.8. The van der Waals surface area contributed by atoms with Crippen molar-refractivity contribution in [1.29, 1.82) is 0 Å². The second-order valence-electron chi connectivity index (χ2n) is 10.6. The summed E-state index contributed by atoms with van der Waals surface area (Å²) >= 11 is 0. The van der Waals surface area contributed by atoms with Gasteiger partial charge in [0.2, 0.25) is 0 Å². The van der Waals surface area contributed by atoms with Gasteiger partial charge in [-0.1, -0.05) is 91.0 Å². The van der Waals surface area contributed by atoms with E-state index in [4.69, 9.17) is 0 Å². The number of fused-ring (bicyclic) bond motifs is 6. The van der Waals surface area contributed by atoms with Crippen molar-refractivity contribution >= 4 is 67.1 Å². The van der Waals surface area contributed by atoms with Gasteiger partial charge in [0.15, 0.2) is 0 Å². The predicted molar refractivity (Wildman–Crippen MR) is 182 cm³/mol. The van der Waals surface area contributed by atoms with Crippen molar-refractivity contribution in [3.63, 3.8) is 0 Å². The number of carbonyl (C=O) groups is 3. The van der Waals surface area contributed by atoms with Crippen molar-refractivity contribution in [1.82, 2.24) is 0 Å². The summed E-state index contributed by atoms with van der Waals surface area (Å²) in [5.41, 5.74) is 3.45. The maximum absolute atomic E-state index is 13.4. The lowest BCUT2D eigenvalue weighted by atomic mass is 9.91. The van der Waals surface area contributed by atoms with E-state index in [1.54, 1.807) is 36.4 Å². The summed E-state index contributed by atoms with van der Waals surface area (Å²) in [4.78, 5) is 40.1. The summed E-state index contributed by atoms with van der Waals surface area (Å²) < 4.78 is 0. The minimum absolute atomic E-state index is 0.240. The molecule has 0 saturated heterocycles. The fourth-order valence-corrected chi connectivity index (χ4v) is 5.82. The summed E-state index contributed by atoms with van der Waals surface area (Å²) in [7, 11) is 0. The van der Waals surface area contributed by atoms with Crippen LogP contribution in [0.25, 0.3) is 32.3 Å². The molecule has 0 saturated carbocycles. The van der Waals surface area contributed by atoms with Gasteiger partial charge in [0.25, 0.3) is 17.7 Å². The van der Waals surface area contributed by atoms with E-state index in [2.05, 4.69) is 16.0 Å². The minimum Gasteiger partial charge on any atom is -0.321 e. The van der Waals surface area contributed by atoms with E-state index in [0.717, 1.165) is 32.3 Å². The summed E-state index contributed by atoms with van der Waals surface area (Å²) in [5, 5.41) is 14.3. The molecule has 0 aromatic heterocycles. The number of amides is 3. The van der Waals surface area contributed by atoms with Gasteiger partial charge in [-0.05, 0) is 70.8 Å². The van der Waals surface area contributed by atoms with Crippen LogP contribution in [-0.4, -0.2) is 17.7 Å². The van der Waals surface area contributed by atoms with E-state index in [1.807, 2.05) is 109 Å².